The molecule has 1 aliphatic heterocycles. The van der Waals surface area contributed by atoms with E-state index in [-0.39, 0.29) is 18.2 Å². The third-order valence-corrected chi connectivity index (χ3v) is 2.30. The van der Waals surface area contributed by atoms with E-state index in [1.807, 2.05) is 0 Å². The van der Waals surface area contributed by atoms with Crippen LogP contribution in [0.2, 0.25) is 0 Å². The summed E-state index contributed by atoms with van der Waals surface area (Å²) in [6.45, 7) is 0.670. The van der Waals surface area contributed by atoms with E-state index in [4.69, 9.17) is 11.0 Å². The molecule has 1 fully saturated rings. The number of rotatable bonds is 3. The Balaban J connectivity index is 2.47. The minimum absolute atomic E-state index is 0.0884. The molecular formula is C9H13N3O3. The zero-order chi connectivity index (χ0) is 11.3. The van der Waals surface area contributed by atoms with Crippen molar-refractivity contribution in [1.29, 1.82) is 5.26 Å². The van der Waals surface area contributed by atoms with Crippen LogP contribution in [0.1, 0.15) is 19.3 Å². The van der Waals surface area contributed by atoms with Crippen LogP contribution in [0.4, 0.5) is 4.79 Å². The lowest BCUT2D eigenvalue weighted by Gasteiger charge is -2.22. The van der Waals surface area contributed by atoms with Crippen LogP contribution >= 0.6 is 0 Å². The number of carbonyl (C=O) groups is 2. The molecule has 0 aliphatic carbocycles. The summed E-state index contributed by atoms with van der Waals surface area (Å²) >= 11 is 0. The van der Waals surface area contributed by atoms with Crippen molar-refractivity contribution in [1.82, 2.24) is 5.32 Å². The Morgan fingerprint density at radius 1 is 1.80 bits per heavy atom. The predicted molar refractivity (Wildman–Crippen MR) is 50.4 cm³/mol. The lowest BCUT2D eigenvalue weighted by Crippen LogP contribution is -2.38. The van der Waals surface area contributed by atoms with Crippen LogP contribution in [-0.4, -0.2) is 24.6 Å². The highest BCUT2D eigenvalue weighted by atomic mass is 16.6. The van der Waals surface area contributed by atoms with Crippen LogP contribution in [0.25, 0.3) is 0 Å². The molecule has 0 bridgehead atoms. The maximum absolute atomic E-state index is 11.3. The van der Waals surface area contributed by atoms with Crippen LogP contribution < -0.4 is 11.1 Å². The summed E-state index contributed by atoms with van der Waals surface area (Å²) in [4.78, 5) is 21.8. The topological polar surface area (TPSA) is 105 Å². The van der Waals surface area contributed by atoms with Crippen molar-refractivity contribution in [3.8, 4) is 6.07 Å². The molecule has 0 aromatic carbocycles. The average molecular weight is 211 g/mol. The fourth-order valence-electron chi connectivity index (χ4n) is 1.59. The molecule has 6 heteroatoms. The minimum atomic E-state index is -0.988. The standard InChI is InChI=1S/C9H13N3O3/c10-5-7(15-9(11)14)4-6-2-1-3-12-8(6)13/h6-7H,1-4H2,(H2,11,14)(H,12,13)/t6-,7?/m0/s1. The van der Waals surface area contributed by atoms with Gasteiger partial charge in [-0.2, -0.15) is 5.26 Å². The van der Waals surface area contributed by atoms with Gasteiger partial charge in [-0.15, -0.1) is 0 Å². The molecule has 1 aliphatic rings. The Bertz CT molecular complexity index is 297. The molecule has 1 heterocycles. The maximum atomic E-state index is 11.3. The third kappa shape index (κ3) is 3.46. The molecule has 1 rings (SSSR count). The van der Waals surface area contributed by atoms with Crippen molar-refractivity contribution in [2.24, 2.45) is 11.7 Å². The SMILES string of the molecule is N#CC(C[C@@H]1CCCNC1=O)OC(N)=O. The Labute approximate surface area is 87.4 Å². The van der Waals surface area contributed by atoms with Gasteiger partial charge >= 0.3 is 6.09 Å². The van der Waals surface area contributed by atoms with Gasteiger partial charge in [0.25, 0.3) is 0 Å². The van der Waals surface area contributed by atoms with E-state index in [0.29, 0.717) is 13.0 Å². The van der Waals surface area contributed by atoms with Gasteiger partial charge in [0.05, 0.1) is 0 Å². The summed E-state index contributed by atoms with van der Waals surface area (Å²) in [5, 5.41) is 11.4. The van der Waals surface area contributed by atoms with E-state index in [0.717, 1.165) is 6.42 Å². The van der Waals surface area contributed by atoms with Gasteiger partial charge in [-0.3, -0.25) is 4.79 Å². The Morgan fingerprint density at radius 3 is 3.07 bits per heavy atom. The first-order valence-corrected chi connectivity index (χ1v) is 4.77. The molecule has 2 atom stereocenters. The summed E-state index contributed by atoms with van der Waals surface area (Å²) < 4.78 is 4.55. The van der Waals surface area contributed by atoms with Gasteiger partial charge in [0.1, 0.15) is 6.07 Å². The molecule has 6 nitrogen and oxygen atoms in total. The Morgan fingerprint density at radius 2 is 2.53 bits per heavy atom. The molecular weight excluding hydrogens is 198 g/mol. The largest absolute Gasteiger partial charge is 0.431 e. The van der Waals surface area contributed by atoms with Gasteiger partial charge < -0.3 is 15.8 Å². The highest BCUT2D eigenvalue weighted by Gasteiger charge is 2.26. The van der Waals surface area contributed by atoms with Crippen molar-refractivity contribution < 1.29 is 14.3 Å². The van der Waals surface area contributed by atoms with Gasteiger partial charge in [-0.25, -0.2) is 4.79 Å². The van der Waals surface area contributed by atoms with E-state index >= 15 is 0 Å². The number of ether oxygens (including phenoxy) is 1. The maximum Gasteiger partial charge on any atom is 0.405 e. The molecule has 1 unspecified atom stereocenters. The second-order valence-electron chi connectivity index (χ2n) is 3.42. The van der Waals surface area contributed by atoms with Crippen molar-refractivity contribution in [2.45, 2.75) is 25.4 Å². The number of primary amides is 1. The molecule has 0 saturated carbocycles. The van der Waals surface area contributed by atoms with Crippen LogP contribution in [0.3, 0.4) is 0 Å². The first-order valence-electron chi connectivity index (χ1n) is 4.77. The van der Waals surface area contributed by atoms with E-state index < -0.39 is 12.2 Å². The number of piperidine rings is 1. The van der Waals surface area contributed by atoms with E-state index in [1.54, 1.807) is 6.07 Å². The first kappa shape index (κ1) is 11.3. The fraction of sp³-hybridized carbons (Fsp3) is 0.667. The highest BCUT2D eigenvalue weighted by molar-refractivity contribution is 5.79. The van der Waals surface area contributed by atoms with Crippen LogP contribution in [0, 0.1) is 17.2 Å². The predicted octanol–water partition coefficient (Wildman–Crippen LogP) is -0.110. The van der Waals surface area contributed by atoms with Crippen molar-refractivity contribution in [2.75, 3.05) is 6.54 Å². The van der Waals surface area contributed by atoms with Gasteiger partial charge in [0.2, 0.25) is 5.91 Å². The third-order valence-electron chi connectivity index (χ3n) is 2.30. The number of nitrogens with zero attached hydrogens (tertiary/aromatic N) is 1. The fourth-order valence-corrected chi connectivity index (χ4v) is 1.59. The quantitative estimate of drug-likeness (QED) is 0.679. The van der Waals surface area contributed by atoms with Crippen LogP contribution in [-0.2, 0) is 9.53 Å². The number of hydrogen-bond donors (Lipinski definition) is 2. The van der Waals surface area contributed by atoms with Crippen molar-refractivity contribution in [3.63, 3.8) is 0 Å². The lowest BCUT2D eigenvalue weighted by molar-refractivity contribution is -0.127. The van der Waals surface area contributed by atoms with Crippen molar-refractivity contribution >= 4 is 12.0 Å². The zero-order valence-corrected chi connectivity index (χ0v) is 8.23. The van der Waals surface area contributed by atoms with Crippen LogP contribution in [0.15, 0.2) is 0 Å². The molecule has 15 heavy (non-hydrogen) atoms. The molecule has 82 valence electrons. The molecule has 2 amide bonds. The molecule has 3 N–H and O–H groups in total. The zero-order valence-electron chi connectivity index (χ0n) is 8.23. The molecule has 0 aromatic heterocycles. The normalized spacial score (nSPS) is 22.3. The minimum Gasteiger partial charge on any atom is -0.431 e. The lowest BCUT2D eigenvalue weighted by atomic mass is 9.93. The average Bonchev–Trinajstić information content (AvgIpc) is 2.19. The van der Waals surface area contributed by atoms with E-state index in [9.17, 15) is 9.59 Å². The van der Waals surface area contributed by atoms with Crippen molar-refractivity contribution in [3.05, 3.63) is 0 Å². The van der Waals surface area contributed by atoms with Gasteiger partial charge in [0.15, 0.2) is 6.10 Å². The smallest absolute Gasteiger partial charge is 0.405 e. The number of nitriles is 1. The van der Waals surface area contributed by atoms with E-state index in [1.165, 1.54) is 0 Å². The number of hydrogen-bond acceptors (Lipinski definition) is 4. The second kappa shape index (κ2) is 5.20. The molecule has 0 aromatic rings. The monoisotopic (exact) mass is 211 g/mol. The van der Waals surface area contributed by atoms with Gasteiger partial charge in [-0.1, -0.05) is 0 Å². The van der Waals surface area contributed by atoms with Gasteiger partial charge in [0, 0.05) is 18.9 Å². The summed E-state index contributed by atoms with van der Waals surface area (Å²) in [5.41, 5.74) is 4.80. The molecule has 0 radical (unpaired) electrons. The molecule has 0 spiro atoms. The van der Waals surface area contributed by atoms with Gasteiger partial charge in [-0.05, 0) is 12.8 Å². The number of amides is 2. The second-order valence-corrected chi connectivity index (χ2v) is 3.42. The highest BCUT2D eigenvalue weighted by Crippen LogP contribution is 2.18. The first-order chi connectivity index (χ1) is 7.13. The summed E-state index contributed by atoms with van der Waals surface area (Å²) in [6, 6.07) is 1.80. The summed E-state index contributed by atoms with van der Waals surface area (Å²) in [7, 11) is 0. The summed E-state index contributed by atoms with van der Waals surface area (Å²) in [5.74, 6) is -0.350. The van der Waals surface area contributed by atoms with Crippen LogP contribution in [0.5, 0.6) is 0 Å². The van der Waals surface area contributed by atoms with E-state index in [2.05, 4.69) is 10.1 Å². The number of carbonyl (C=O) groups excluding carboxylic acids is 2. The number of nitrogens with one attached hydrogen (secondary N) is 1. The Hall–Kier alpha value is -1.77. The Kier molecular flexibility index (Phi) is 3.92. The molecule has 1 saturated heterocycles. The number of nitrogens with two attached hydrogens (primary N) is 1. The summed E-state index contributed by atoms with van der Waals surface area (Å²) in [6.07, 6.45) is -0.114.